The molecule has 2 aromatic rings. The number of hydrogen-bond acceptors (Lipinski definition) is 5. The molecule has 29 heavy (non-hydrogen) atoms. The van der Waals surface area contributed by atoms with Crippen LogP contribution in [0.15, 0.2) is 47.4 Å². The van der Waals surface area contributed by atoms with E-state index in [1.165, 1.54) is 12.1 Å². The summed E-state index contributed by atoms with van der Waals surface area (Å²) >= 11 is 0.885. The van der Waals surface area contributed by atoms with Crippen LogP contribution in [0, 0.1) is 5.82 Å². The van der Waals surface area contributed by atoms with E-state index < -0.39 is 0 Å². The lowest BCUT2D eigenvalue weighted by molar-refractivity contribution is -0.123. The number of benzene rings is 2. The number of carbonyl (C=O) groups excluding carboxylic acids is 2. The van der Waals surface area contributed by atoms with Crippen molar-refractivity contribution >= 4 is 29.0 Å². The second-order valence-electron chi connectivity index (χ2n) is 6.70. The molecule has 5 nitrogen and oxygen atoms in total. The van der Waals surface area contributed by atoms with Crippen molar-refractivity contribution in [3.8, 4) is 11.5 Å². The Balaban J connectivity index is 1.81. The smallest absolute Gasteiger partial charge is 0.293 e. The van der Waals surface area contributed by atoms with Gasteiger partial charge in [-0.15, -0.1) is 0 Å². The third-order valence-electron chi connectivity index (χ3n) is 4.06. The van der Waals surface area contributed by atoms with E-state index in [1.807, 2.05) is 26.8 Å². The summed E-state index contributed by atoms with van der Waals surface area (Å²) in [6.07, 6.45) is 1.67. The van der Waals surface area contributed by atoms with Gasteiger partial charge in [-0.3, -0.25) is 14.5 Å². The summed E-state index contributed by atoms with van der Waals surface area (Å²) in [4.78, 5) is 26.5. The number of hydrogen-bond donors (Lipinski definition) is 0. The molecule has 0 bridgehead atoms. The van der Waals surface area contributed by atoms with E-state index in [-0.39, 0.29) is 29.6 Å². The largest absolute Gasteiger partial charge is 0.490 e. The van der Waals surface area contributed by atoms with E-state index in [4.69, 9.17) is 9.47 Å². The number of halogens is 1. The van der Waals surface area contributed by atoms with Gasteiger partial charge in [0, 0.05) is 0 Å². The maximum Gasteiger partial charge on any atom is 0.293 e. The molecular formula is C22H22FNO4S. The molecule has 0 radical (unpaired) electrons. The first kappa shape index (κ1) is 20.9. The van der Waals surface area contributed by atoms with Gasteiger partial charge in [-0.2, -0.15) is 0 Å². The van der Waals surface area contributed by atoms with Crippen molar-refractivity contribution in [3.05, 3.63) is 64.3 Å². The molecule has 1 heterocycles. The number of thioether (sulfide) groups is 1. The van der Waals surface area contributed by atoms with E-state index in [0.717, 1.165) is 22.2 Å². The summed E-state index contributed by atoms with van der Waals surface area (Å²) in [5, 5.41) is -0.352. The van der Waals surface area contributed by atoms with Crippen molar-refractivity contribution in [1.82, 2.24) is 4.90 Å². The van der Waals surface area contributed by atoms with E-state index in [2.05, 4.69) is 0 Å². The SMILES string of the molecule is CCOc1cc(/C=C2/SC(=O)N(Cc3ccc(F)cc3)C2=O)ccc1OC(C)C. The molecule has 2 aromatic carbocycles. The summed E-state index contributed by atoms with van der Waals surface area (Å²) in [5.41, 5.74) is 1.42. The minimum Gasteiger partial charge on any atom is -0.490 e. The number of ether oxygens (including phenoxy) is 2. The van der Waals surface area contributed by atoms with Crippen LogP contribution in [0.1, 0.15) is 31.9 Å². The van der Waals surface area contributed by atoms with Gasteiger partial charge >= 0.3 is 0 Å². The van der Waals surface area contributed by atoms with Crippen LogP contribution in [0.25, 0.3) is 6.08 Å². The molecule has 0 unspecified atom stereocenters. The lowest BCUT2D eigenvalue weighted by Gasteiger charge is -2.15. The molecule has 0 aromatic heterocycles. The minimum atomic E-state index is -0.371. The maximum absolute atomic E-state index is 13.1. The zero-order valence-electron chi connectivity index (χ0n) is 16.5. The molecule has 0 aliphatic carbocycles. The molecule has 1 fully saturated rings. The van der Waals surface area contributed by atoms with Crippen LogP contribution >= 0.6 is 11.8 Å². The second kappa shape index (κ2) is 9.13. The van der Waals surface area contributed by atoms with Crippen LogP contribution < -0.4 is 9.47 Å². The Labute approximate surface area is 173 Å². The molecule has 0 atom stereocenters. The van der Waals surface area contributed by atoms with Gasteiger partial charge in [0.15, 0.2) is 11.5 Å². The van der Waals surface area contributed by atoms with Crippen LogP contribution in [0.5, 0.6) is 11.5 Å². The lowest BCUT2D eigenvalue weighted by atomic mass is 10.1. The number of rotatable bonds is 7. The number of amides is 2. The van der Waals surface area contributed by atoms with E-state index in [0.29, 0.717) is 28.6 Å². The van der Waals surface area contributed by atoms with Gasteiger partial charge in [0.25, 0.3) is 11.1 Å². The topological polar surface area (TPSA) is 55.8 Å². The van der Waals surface area contributed by atoms with Crippen molar-refractivity contribution in [3.63, 3.8) is 0 Å². The molecular weight excluding hydrogens is 393 g/mol. The molecule has 0 spiro atoms. The normalized spacial score (nSPS) is 15.5. The molecule has 7 heteroatoms. The van der Waals surface area contributed by atoms with Gasteiger partial charge in [-0.1, -0.05) is 18.2 Å². The Bertz CT molecular complexity index is 940. The first-order valence-corrected chi connectivity index (χ1v) is 10.1. The highest BCUT2D eigenvalue weighted by Crippen LogP contribution is 2.35. The summed E-state index contributed by atoms with van der Waals surface area (Å²) in [5.74, 6) is 0.478. The van der Waals surface area contributed by atoms with Crippen molar-refractivity contribution in [2.45, 2.75) is 33.4 Å². The number of imide groups is 1. The van der Waals surface area contributed by atoms with Crippen molar-refractivity contribution in [2.75, 3.05) is 6.61 Å². The van der Waals surface area contributed by atoms with E-state index >= 15 is 0 Å². The fourth-order valence-electron chi connectivity index (χ4n) is 2.79. The summed E-state index contributed by atoms with van der Waals surface area (Å²) < 4.78 is 24.5. The highest BCUT2D eigenvalue weighted by Gasteiger charge is 2.35. The van der Waals surface area contributed by atoms with Gasteiger partial charge in [-0.05, 0) is 74.0 Å². The summed E-state index contributed by atoms with van der Waals surface area (Å²) in [6.45, 7) is 6.33. The Kier molecular flexibility index (Phi) is 6.59. The van der Waals surface area contributed by atoms with Gasteiger partial charge in [-0.25, -0.2) is 4.39 Å². The molecule has 3 rings (SSSR count). The average Bonchev–Trinajstić information content (AvgIpc) is 2.93. The Morgan fingerprint density at radius 1 is 1.10 bits per heavy atom. The summed E-state index contributed by atoms with van der Waals surface area (Å²) in [6, 6.07) is 11.1. The minimum absolute atomic E-state index is 0.00279. The number of carbonyl (C=O) groups is 2. The monoisotopic (exact) mass is 415 g/mol. The Morgan fingerprint density at radius 2 is 1.83 bits per heavy atom. The maximum atomic E-state index is 13.1. The quantitative estimate of drug-likeness (QED) is 0.578. The highest BCUT2D eigenvalue weighted by molar-refractivity contribution is 8.18. The molecule has 1 aliphatic rings. The lowest BCUT2D eigenvalue weighted by Crippen LogP contribution is -2.27. The van der Waals surface area contributed by atoms with E-state index in [9.17, 15) is 14.0 Å². The van der Waals surface area contributed by atoms with E-state index in [1.54, 1.807) is 30.3 Å². The highest BCUT2D eigenvalue weighted by atomic mass is 32.2. The second-order valence-corrected chi connectivity index (χ2v) is 7.69. The third kappa shape index (κ3) is 5.17. The van der Waals surface area contributed by atoms with Crippen LogP contribution in [-0.2, 0) is 11.3 Å². The summed E-state index contributed by atoms with van der Waals surface area (Å²) in [7, 11) is 0. The molecule has 1 aliphatic heterocycles. The Hall–Kier alpha value is -2.80. The first-order valence-electron chi connectivity index (χ1n) is 9.30. The Morgan fingerprint density at radius 3 is 2.48 bits per heavy atom. The molecule has 152 valence electrons. The fourth-order valence-corrected chi connectivity index (χ4v) is 3.63. The standard InChI is InChI=1S/C22H22FNO4S/c1-4-27-19-11-16(7-10-18(19)28-14(2)3)12-20-21(25)24(22(26)29-20)13-15-5-8-17(23)9-6-15/h5-12,14H,4,13H2,1-3H3/b20-12+. The van der Waals surface area contributed by atoms with Crippen LogP contribution in [0.3, 0.4) is 0 Å². The van der Waals surface area contributed by atoms with Crippen molar-refractivity contribution in [2.24, 2.45) is 0 Å². The predicted octanol–water partition coefficient (Wildman–Crippen LogP) is 5.25. The average molecular weight is 415 g/mol. The first-order chi connectivity index (χ1) is 13.9. The van der Waals surface area contributed by atoms with Gasteiger partial charge in [0.1, 0.15) is 5.82 Å². The fraction of sp³-hybridized carbons (Fsp3) is 0.273. The van der Waals surface area contributed by atoms with Crippen LogP contribution in [0.2, 0.25) is 0 Å². The van der Waals surface area contributed by atoms with Crippen LogP contribution in [-0.4, -0.2) is 28.8 Å². The predicted molar refractivity (Wildman–Crippen MR) is 111 cm³/mol. The van der Waals surface area contributed by atoms with Gasteiger partial charge in [0.2, 0.25) is 0 Å². The third-order valence-corrected chi connectivity index (χ3v) is 4.96. The van der Waals surface area contributed by atoms with Crippen LogP contribution in [0.4, 0.5) is 9.18 Å². The zero-order chi connectivity index (χ0) is 21.0. The molecule has 0 saturated carbocycles. The van der Waals surface area contributed by atoms with Crippen molar-refractivity contribution < 1.29 is 23.5 Å². The van der Waals surface area contributed by atoms with Crippen molar-refractivity contribution in [1.29, 1.82) is 0 Å². The number of nitrogens with zero attached hydrogens (tertiary/aromatic N) is 1. The van der Waals surface area contributed by atoms with Gasteiger partial charge < -0.3 is 9.47 Å². The molecule has 2 amide bonds. The molecule has 1 saturated heterocycles. The molecule has 0 N–H and O–H groups in total. The van der Waals surface area contributed by atoms with Gasteiger partial charge in [0.05, 0.1) is 24.2 Å². The zero-order valence-corrected chi connectivity index (χ0v) is 17.3.